The molecule has 0 rings (SSSR count). The first-order valence-corrected chi connectivity index (χ1v) is 2.36. The van der Waals surface area contributed by atoms with Crippen LogP contribution >= 0.6 is 0 Å². The Bertz CT molecular complexity index is 128. The van der Waals surface area contributed by atoms with Gasteiger partial charge in [-0.15, -0.1) is 4.91 Å². The lowest BCUT2D eigenvalue weighted by atomic mass is 10.6. The van der Waals surface area contributed by atoms with Gasteiger partial charge >= 0.3 is 0 Å². The van der Waals surface area contributed by atoms with E-state index < -0.39 is 0 Å². The van der Waals surface area contributed by atoms with Gasteiger partial charge in [-0.2, -0.15) is 0 Å². The maximum Gasteiger partial charge on any atom is 0.0521 e. The highest BCUT2D eigenvalue weighted by molar-refractivity contribution is 4.49. The monoisotopic (exact) mass is 129 g/mol. The molecule has 6 heteroatoms. The molecule has 9 heavy (non-hydrogen) atoms. The molecule has 0 bridgehead atoms. The molecule has 0 saturated carbocycles. The Hall–Kier alpha value is -1.29. The maximum atomic E-state index is 9.64. The Kier molecular flexibility index (Phi) is 4.16. The summed E-state index contributed by atoms with van der Waals surface area (Å²) in [7, 11) is 1.51. The minimum atomic E-state index is 0.277. The van der Waals surface area contributed by atoms with E-state index in [2.05, 4.69) is 15.3 Å². The normalized spacial score (nSPS) is 7.67. The summed E-state index contributed by atoms with van der Waals surface area (Å²) < 4.78 is 0. The molecular weight excluding hydrogens is 122 g/mol. The van der Waals surface area contributed by atoms with Crippen molar-refractivity contribution in [3.8, 4) is 0 Å². The van der Waals surface area contributed by atoms with Crippen LogP contribution in [-0.2, 0) is 0 Å². The zero-order valence-corrected chi connectivity index (χ0v) is 5.06. The number of nitroso groups, excluding NO2 is 1. The number of azide groups is 1. The van der Waals surface area contributed by atoms with Crippen molar-refractivity contribution in [1.29, 1.82) is 0 Å². The molecule has 6 nitrogen and oxygen atoms in total. The molecule has 0 aromatic carbocycles. The third-order valence-electron chi connectivity index (χ3n) is 0.726. The first-order valence-electron chi connectivity index (χ1n) is 2.36. The fourth-order valence-corrected chi connectivity index (χ4v) is 0.275. The van der Waals surface area contributed by atoms with Crippen LogP contribution in [0.25, 0.3) is 10.4 Å². The van der Waals surface area contributed by atoms with Gasteiger partial charge in [0, 0.05) is 25.0 Å². The Morgan fingerprint density at radius 1 is 1.78 bits per heavy atom. The quantitative estimate of drug-likeness (QED) is 0.186. The Balaban J connectivity index is 3.26. The van der Waals surface area contributed by atoms with Gasteiger partial charge in [0.05, 0.1) is 5.29 Å². The summed E-state index contributed by atoms with van der Waals surface area (Å²) in [6.45, 7) is 0.645. The van der Waals surface area contributed by atoms with E-state index in [1.165, 1.54) is 7.05 Å². The number of rotatable bonds is 4. The largest absolute Gasteiger partial charge is 0.264 e. The average molecular weight is 129 g/mol. The lowest BCUT2D eigenvalue weighted by molar-refractivity contribution is 0.359. The van der Waals surface area contributed by atoms with Gasteiger partial charge in [-0.25, -0.2) is 0 Å². The molecule has 0 fully saturated rings. The summed E-state index contributed by atoms with van der Waals surface area (Å²) in [6, 6.07) is 0. The highest BCUT2D eigenvalue weighted by Gasteiger charge is 1.89. The second-order valence-corrected chi connectivity index (χ2v) is 1.42. The van der Waals surface area contributed by atoms with Gasteiger partial charge in [-0.05, 0) is 5.53 Å². The van der Waals surface area contributed by atoms with Crippen LogP contribution in [0.4, 0.5) is 0 Å². The molecule has 0 aliphatic carbocycles. The summed E-state index contributed by atoms with van der Waals surface area (Å²) >= 11 is 0. The topological polar surface area (TPSA) is 81.4 Å². The second-order valence-electron chi connectivity index (χ2n) is 1.42. The molecule has 50 valence electrons. The predicted octanol–water partition coefficient (Wildman–Crippen LogP) is 0.910. The van der Waals surface area contributed by atoms with Crippen LogP contribution in [0.15, 0.2) is 10.4 Å². The van der Waals surface area contributed by atoms with Crippen LogP contribution in [0.5, 0.6) is 0 Å². The molecule has 0 aromatic heterocycles. The van der Waals surface area contributed by atoms with E-state index >= 15 is 0 Å². The molecule has 0 aliphatic heterocycles. The van der Waals surface area contributed by atoms with Gasteiger partial charge in [-0.3, -0.25) is 5.01 Å². The third-order valence-corrected chi connectivity index (χ3v) is 0.726. The summed E-state index contributed by atoms with van der Waals surface area (Å²) in [5.74, 6) is 0. The van der Waals surface area contributed by atoms with Crippen molar-refractivity contribution in [2.45, 2.75) is 0 Å². The van der Waals surface area contributed by atoms with E-state index in [1.807, 2.05) is 0 Å². The molecule has 0 spiro atoms. The Morgan fingerprint density at radius 2 is 2.44 bits per heavy atom. The van der Waals surface area contributed by atoms with E-state index in [1.54, 1.807) is 0 Å². The summed E-state index contributed by atoms with van der Waals surface area (Å²) in [5, 5.41) is 6.92. The average Bonchev–Trinajstić information content (AvgIpc) is 1.89. The van der Waals surface area contributed by atoms with Gasteiger partial charge in [0.25, 0.3) is 0 Å². The smallest absolute Gasteiger partial charge is 0.0521 e. The van der Waals surface area contributed by atoms with E-state index in [4.69, 9.17) is 5.53 Å². The van der Waals surface area contributed by atoms with E-state index in [0.717, 1.165) is 5.01 Å². The van der Waals surface area contributed by atoms with Crippen molar-refractivity contribution in [2.24, 2.45) is 10.4 Å². The van der Waals surface area contributed by atoms with Crippen molar-refractivity contribution >= 4 is 0 Å². The van der Waals surface area contributed by atoms with Crippen molar-refractivity contribution in [3.63, 3.8) is 0 Å². The summed E-state index contributed by atoms with van der Waals surface area (Å²) in [4.78, 5) is 12.1. The number of hydrogen-bond acceptors (Lipinski definition) is 3. The first-order chi connectivity index (χ1) is 4.31. The van der Waals surface area contributed by atoms with Crippen molar-refractivity contribution < 1.29 is 0 Å². The van der Waals surface area contributed by atoms with Crippen molar-refractivity contribution in [1.82, 2.24) is 5.01 Å². The van der Waals surface area contributed by atoms with Gasteiger partial charge in [0.15, 0.2) is 0 Å². The molecule has 0 aliphatic rings. The van der Waals surface area contributed by atoms with E-state index in [-0.39, 0.29) is 6.54 Å². The van der Waals surface area contributed by atoms with Gasteiger partial charge < -0.3 is 0 Å². The predicted molar refractivity (Wildman–Crippen MR) is 32.4 cm³/mol. The fraction of sp³-hybridized carbons (Fsp3) is 1.00. The number of likely N-dealkylation sites (N-methyl/N-ethyl adjacent to an activating group) is 1. The SMILES string of the molecule is CN(CCN=[N+]=[N-])N=O. The lowest BCUT2D eigenvalue weighted by Crippen LogP contribution is -2.13. The van der Waals surface area contributed by atoms with Crippen LogP contribution < -0.4 is 0 Å². The molecule has 0 radical (unpaired) electrons. The lowest BCUT2D eigenvalue weighted by Gasteiger charge is -2.02. The van der Waals surface area contributed by atoms with Gasteiger partial charge in [0.1, 0.15) is 0 Å². The molecule has 0 saturated heterocycles. The zero-order chi connectivity index (χ0) is 7.11. The minimum absolute atomic E-state index is 0.277. The van der Waals surface area contributed by atoms with E-state index in [9.17, 15) is 4.91 Å². The number of hydrogen-bond donors (Lipinski definition) is 0. The Labute approximate surface area is 52.0 Å². The molecule has 0 unspecified atom stereocenters. The molecule has 0 atom stereocenters. The summed E-state index contributed by atoms with van der Waals surface area (Å²) in [5.41, 5.74) is 7.78. The van der Waals surface area contributed by atoms with Crippen LogP contribution in [0, 0.1) is 4.91 Å². The highest BCUT2D eigenvalue weighted by atomic mass is 16.3. The number of nitrogens with zero attached hydrogens (tertiary/aromatic N) is 5. The first kappa shape index (κ1) is 7.71. The van der Waals surface area contributed by atoms with Crippen molar-refractivity contribution in [3.05, 3.63) is 15.3 Å². The van der Waals surface area contributed by atoms with Crippen LogP contribution in [-0.4, -0.2) is 25.1 Å². The standard InChI is InChI=1S/C3H7N5O/c1-8(7-9)3-2-5-6-4/h2-3H2,1H3. The molecule has 0 amide bonds. The van der Waals surface area contributed by atoms with Crippen LogP contribution in [0.1, 0.15) is 0 Å². The molecule has 0 heterocycles. The molecule has 0 aromatic rings. The Morgan fingerprint density at radius 3 is 2.89 bits per heavy atom. The molecular formula is C3H7N5O. The van der Waals surface area contributed by atoms with Crippen molar-refractivity contribution in [2.75, 3.05) is 20.1 Å². The fourth-order valence-electron chi connectivity index (χ4n) is 0.275. The van der Waals surface area contributed by atoms with Crippen LogP contribution in [0.3, 0.4) is 0 Å². The minimum Gasteiger partial charge on any atom is -0.264 e. The summed E-state index contributed by atoms with van der Waals surface area (Å²) in [6.07, 6.45) is 0. The third kappa shape index (κ3) is 4.57. The highest BCUT2D eigenvalue weighted by Crippen LogP contribution is 1.81. The molecule has 0 N–H and O–H groups in total. The van der Waals surface area contributed by atoms with Crippen LogP contribution in [0.2, 0.25) is 0 Å². The maximum absolute atomic E-state index is 9.64. The zero-order valence-electron chi connectivity index (χ0n) is 5.06. The van der Waals surface area contributed by atoms with Gasteiger partial charge in [0.2, 0.25) is 0 Å². The van der Waals surface area contributed by atoms with E-state index in [0.29, 0.717) is 6.54 Å². The van der Waals surface area contributed by atoms with Gasteiger partial charge in [-0.1, -0.05) is 5.11 Å². The second kappa shape index (κ2) is 4.86.